The van der Waals surface area contributed by atoms with E-state index < -0.39 is 10.0 Å². The summed E-state index contributed by atoms with van der Waals surface area (Å²) in [7, 11) is -1.43. The highest BCUT2D eigenvalue weighted by molar-refractivity contribution is 14.0. The fourth-order valence-electron chi connectivity index (χ4n) is 2.67. The molecule has 154 valence electrons. The Morgan fingerprint density at radius 1 is 1.41 bits per heavy atom. The van der Waals surface area contributed by atoms with Crippen molar-refractivity contribution >= 4 is 40.0 Å². The van der Waals surface area contributed by atoms with Gasteiger partial charge in [0.2, 0.25) is 10.0 Å². The topological polar surface area (TPSA) is 83.0 Å². The molecule has 0 spiro atoms. The minimum atomic E-state index is -3.08. The Kier molecular flexibility index (Phi) is 10.3. The fraction of sp³-hybridized carbons (Fsp3) is 0.588. The molecule has 0 bridgehead atoms. The second kappa shape index (κ2) is 11.6. The second-order valence-electron chi connectivity index (χ2n) is 6.05. The first-order valence-corrected chi connectivity index (χ1v) is 10.4. The van der Waals surface area contributed by atoms with Crippen LogP contribution in [0, 0.1) is 5.82 Å². The minimum Gasteiger partial charge on any atom is -0.489 e. The lowest BCUT2D eigenvalue weighted by molar-refractivity contribution is 0.198. The second-order valence-corrected chi connectivity index (χ2v) is 8.14. The molecule has 0 amide bonds. The van der Waals surface area contributed by atoms with Crippen LogP contribution in [0.4, 0.5) is 4.39 Å². The van der Waals surface area contributed by atoms with Gasteiger partial charge in [0.05, 0.1) is 12.3 Å². The number of benzene rings is 1. The van der Waals surface area contributed by atoms with Gasteiger partial charge in [0.15, 0.2) is 5.96 Å². The predicted molar refractivity (Wildman–Crippen MR) is 116 cm³/mol. The van der Waals surface area contributed by atoms with Gasteiger partial charge in [-0.25, -0.2) is 17.1 Å². The Morgan fingerprint density at radius 3 is 2.78 bits per heavy atom. The average Bonchev–Trinajstić information content (AvgIpc) is 2.95. The zero-order chi connectivity index (χ0) is 19.0. The third-order valence-electron chi connectivity index (χ3n) is 4.13. The summed E-state index contributed by atoms with van der Waals surface area (Å²) in [4.78, 5) is 4.13. The van der Waals surface area contributed by atoms with E-state index in [0.29, 0.717) is 44.3 Å². The van der Waals surface area contributed by atoms with Crippen molar-refractivity contribution in [1.82, 2.24) is 14.9 Å². The average molecular weight is 514 g/mol. The van der Waals surface area contributed by atoms with Gasteiger partial charge in [0, 0.05) is 32.7 Å². The molecular formula is C17H28FIN4O3S. The van der Waals surface area contributed by atoms with Crippen molar-refractivity contribution in [2.24, 2.45) is 4.99 Å². The number of sulfonamides is 1. The van der Waals surface area contributed by atoms with E-state index in [-0.39, 0.29) is 41.7 Å². The third-order valence-corrected chi connectivity index (χ3v) is 6.09. The zero-order valence-corrected chi connectivity index (χ0v) is 18.8. The van der Waals surface area contributed by atoms with Crippen LogP contribution in [0.25, 0.3) is 0 Å². The van der Waals surface area contributed by atoms with Gasteiger partial charge in [0.25, 0.3) is 0 Å². The molecular weight excluding hydrogens is 486 g/mol. The Labute approximate surface area is 177 Å². The Hall–Kier alpha value is -1.14. The summed E-state index contributed by atoms with van der Waals surface area (Å²) in [5.74, 6) is 0.957. The highest BCUT2D eigenvalue weighted by atomic mass is 127. The number of halogens is 2. The first-order chi connectivity index (χ1) is 12.4. The number of guanidine groups is 1. The molecule has 2 rings (SSSR count). The molecule has 1 saturated heterocycles. The standard InChI is InChI=1S/C17H27FN4O3S.HI/c1-3-15(25-16-7-4-6-14(18)12-16)13-21-17(19-2)20-8-10-22-9-5-11-26(22,23)24;/h4,6-7,12,15H,3,5,8-11,13H2,1-2H3,(H2,19,20,21);1H. The number of rotatable bonds is 8. The van der Waals surface area contributed by atoms with E-state index >= 15 is 0 Å². The summed E-state index contributed by atoms with van der Waals surface area (Å²) in [5.41, 5.74) is 0. The van der Waals surface area contributed by atoms with E-state index in [0.717, 1.165) is 6.42 Å². The Balaban J connectivity index is 0.00000364. The maximum Gasteiger partial charge on any atom is 0.214 e. The Bertz CT molecular complexity index is 718. The molecule has 1 aromatic rings. The molecule has 0 aromatic heterocycles. The van der Waals surface area contributed by atoms with Gasteiger partial charge in [-0.2, -0.15) is 0 Å². The summed E-state index contributed by atoms with van der Waals surface area (Å²) < 4.78 is 44.1. The number of ether oxygens (including phenoxy) is 1. The first-order valence-electron chi connectivity index (χ1n) is 8.79. The Morgan fingerprint density at radius 2 is 2.19 bits per heavy atom. The van der Waals surface area contributed by atoms with Crippen LogP contribution in [0.5, 0.6) is 5.75 Å². The van der Waals surface area contributed by atoms with Gasteiger partial charge >= 0.3 is 0 Å². The van der Waals surface area contributed by atoms with Gasteiger partial charge in [-0.05, 0) is 25.0 Å². The van der Waals surface area contributed by atoms with Crippen LogP contribution < -0.4 is 15.4 Å². The molecule has 0 saturated carbocycles. The van der Waals surface area contributed by atoms with Crippen molar-refractivity contribution in [2.75, 3.05) is 39.0 Å². The zero-order valence-electron chi connectivity index (χ0n) is 15.7. The molecule has 1 aliphatic rings. The first kappa shape index (κ1) is 23.9. The smallest absolute Gasteiger partial charge is 0.214 e. The van der Waals surface area contributed by atoms with Gasteiger partial charge in [-0.3, -0.25) is 4.99 Å². The summed E-state index contributed by atoms with van der Waals surface area (Å²) >= 11 is 0. The van der Waals surface area contributed by atoms with Crippen LogP contribution in [0.3, 0.4) is 0 Å². The molecule has 0 aliphatic carbocycles. The van der Waals surface area contributed by atoms with E-state index in [1.54, 1.807) is 19.2 Å². The largest absolute Gasteiger partial charge is 0.489 e. The minimum absolute atomic E-state index is 0. The van der Waals surface area contributed by atoms with Gasteiger partial charge in [0.1, 0.15) is 17.7 Å². The fourth-order valence-corrected chi connectivity index (χ4v) is 4.20. The lowest BCUT2D eigenvalue weighted by atomic mass is 10.2. The van der Waals surface area contributed by atoms with Crippen molar-refractivity contribution in [3.8, 4) is 5.75 Å². The molecule has 1 unspecified atom stereocenters. The molecule has 0 radical (unpaired) electrons. The lowest BCUT2D eigenvalue weighted by Crippen LogP contribution is -2.45. The van der Waals surface area contributed by atoms with Gasteiger partial charge in [-0.15, -0.1) is 24.0 Å². The normalized spacial score (nSPS) is 17.8. The van der Waals surface area contributed by atoms with Gasteiger partial charge < -0.3 is 15.4 Å². The summed E-state index contributed by atoms with van der Waals surface area (Å²) in [6.45, 7) is 3.95. The predicted octanol–water partition coefficient (Wildman–Crippen LogP) is 1.80. The number of nitrogens with zero attached hydrogens (tertiary/aromatic N) is 2. The van der Waals surface area contributed by atoms with Crippen LogP contribution in [0.1, 0.15) is 19.8 Å². The van der Waals surface area contributed by atoms with Crippen LogP contribution in [-0.2, 0) is 10.0 Å². The van der Waals surface area contributed by atoms with E-state index in [2.05, 4.69) is 15.6 Å². The van der Waals surface area contributed by atoms with Crippen LogP contribution >= 0.6 is 24.0 Å². The van der Waals surface area contributed by atoms with E-state index in [4.69, 9.17) is 4.74 Å². The maximum atomic E-state index is 13.2. The van der Waals surface area contributed by atoms with Crippen molar-refractivity contribution in [3.63, 3.8) is 0 Å². The number of hydrogen-bond acceptors (Lipinski definition) is 4. The molecule has 1 heterocycles. The van der Waals surface area contributed by atoms with Crippen molar-refractivity contribution in [1.29, 1.82) is 0 Å². The van der Waals surface area contributed by atoms with Crippen LogP contribution in [0.2, 0.25) is 0 Å². The molecule has 2 N–H and O–H groups in total. The number of aliphatic imine (C=N–C) groups is 1. The number of hydrogen-bond donors (Lipinski definition) is 2. The molecule has 1 atom stereocenters. The molecule has 1 aliphatic heterocycles. The quantitative estimate of drug-likeness (QED) is 0.314. The molecule has 10 heteroatoms. The van der Waals surface area contributed by atoms with Crippen molar-refractivity contribution < 1.29 is 17.5 Å². The van der Waals surface area contributed by atoms with Crippen LogP contribution in [0.15, 0.2) is 29.3 Å². The van der Waals surface area contributed by atoms with Crippen LogP contribution in [-0.4, -0.2) is 63.8 Å². The maximum absolute atomic E-state index is 13.2. The third kappa shape index (κ3) is 7.78. The summed E-state index contributed by atoms with van der Waals surface area (Å²) in [6, 6.07) is 6.05. The molecule has 7 nitrogen and oxygen atoms in total. The van der Waals surface area contributed by atoms with E-state index in [1.807, 2.05) is 6.92 Å². The molecule has 27 heavy (non-hydrogen) atoms. The highest BCUT2D eigenvalue weighted by Gasteiger charge is 2.27. The van der Waals surface area contributed by atoms with Crippen molar-refractivity contribution in [3.05, 3.63) is 30.1 Å². The number of nitrogens with one attached hydrogen (secondary N) is 2. The molecule has 1 fully saturated rings. The summed E-state index contributed by atoms with van der Waals surface area (Å²) in [6.07, 6.45) is 1.28. The highest BCUT2D eigenvalue weighted by Crippen LogP contribution is 2.15. The van der Waals surface area contributed by atoms with E-state index in [1.165, 1.54) is 16.4 Å². The SMILES string of the molecule is CCC(CNC(=NC)NCCN1CCCS1(=O)=O)Oc1cccc(F)c1.I. The van der Waals surface area contributed by atoms with E-state index in [9.17, 15) is 12.8 Å². The van der Waals surface area contributed by atoms with Crippen molar-refractivity contribution in [2.45, 2.75) is 25.9 Å². The molecule has 1 aromatic carbocycles. The van der Waals surface area contributed by atoms with Gasteiger partial charge in [-0.1, -0.05) is 13.0 Å². The summed E-state index contributed by atoms with van der Waals surface area (Å²) in [5, 5.41) is 6.26. The lowest BCUT2D eigenvalue weighted by Gasteiger charge is -2.20. The monoisotopic (exact) mass is 514 g/mol.